The molecular weight excluding hydrogens is 359 g/mol. The molecule has 0 spiro atoms. The van der Waals surface area contributed by atoms with E-state index < -0.39 is 11.9 Å². The molecule has 0 heterocycles. The van der Waals surface area contributed by atoms with Crippen LogP contribution < -0.4 is 10.6 Å². The number of thiocarbonyl (C=S) groups is 1. The molecule has 0 atom stereocenters. The monoisotopic (exact) mass is 368 g/mol. The van der Waals surface area contributed by atoms with Crippen molar-refractivity contribution < 1.29 is 14.7 Å². The SMILES string of the molecule is O=C(NC(=S)Nc1ccccc1C(=O)O)c1cc(Cl)ccc1Cl. The average Bonchev–Trinajstić information content (AvgIpc) is 2.49. The van der Waals surface area contributed by atoms with E-state index >= 15 is 0 Å². The van der Waals surface area contributed by atoms with Crippen LogP contribution in [0.1, 0.15) is 20.7 Å². The van der Waals surface area contributed by atoms with Gasteiger partial charge in [-0.25, -0.2) is 4.79 Å². The topological polar surface area (TPSA) is 78.4 Å². The van der Waals surface area contributed by atoms with E-state index in [9.17, 15) is 9.59 Å². The van der Waals surface area contributed by atoms with Crippen LogP contribution in [0.2, 0.25) is 10.0 Å². The molecule has 2 aromatic rings. The number of carboxylic acid groups (broad SMARTS) is 1. The Morgan fingerprint density at radius 2 is 1.74 bits per heavy atom. The second-order valence-corrected chi connectivity index (χ2v) is 5.64. The van der Waals surface area contributed by atoms with Gasteiger partial charge in [0.25, 0.3) is 5.91 Å². The zero-order chi connectivity index (χ0) is 17.0. The molecule has 0 fully saturated rings. The molecule has 0 radical (unpaired) electrons. The Hall–Kier alpha value is -2.15. The summed E-state index contributed by atoms with van der Waals surface area (Å²) in [4.78, 5) is 23.3. The van der Waals surface area contributed by atoms with Crippen molar-refractivity contribution in [2.45, 2.75) is 0 Å². The van der Waals surface area contributed by atoms with Crippen molar-refractivity contribution in [2.24, 2.45) is 0 Å². The quantitative estimate of drug-likeness (QED) is 0.717. The third-order valence-electron chi connectivity index (χ3n) is 2.81. The number of halogens is 2. The Kier molecular flexibility index (Phi) is 5.54. The fraction of sp³-hybridized carbons (Fsp3) is 0. The van der Waals surface area contributed by atoms with Gasteiger partial charge in [-0.3, -0.25) is 10.1 Å². The molecule has 23 heavy (non-hydrogen) atoms. The highest BCUT2D eigenvalue weighted by Crippen LogP contribution is 2.20. The van der Waals surface area contributed by atoms with Crippen molar-refractivity contribution in [1.29, 1.82) is 0 Å². The molecule has 0 aliphatic rings. The van der Waals surface area contributed by atoms with Crippen molar-refractivity contribution in [3.63, 3.8) is 0 Å². The number of carbonyl (C=O) groups excluding carboxylic acids is 1. The van der Waals surface area contributed by atoms with E-state index in [0.717, 1.165) is 0 Å². The van der Waals surface area contributed by atoms with E-state index in [-0.39, 0.29) is 26.9 Å². The lowest BCUT2D eigenvalue weighted by molar-refractivity contribution is 0.0698. The van der Waals surface area contributed by atoms with Gasteiger partial charge in [0.1, 0.15) is 0 Å². The van der Waals surface area contributed by atoms with Crippen molar-refractivity contribution >= 4 is 58.1 Å². The highest BCUT2D eigenvalue weighted by molar-refractivity contribution is 7.80. The number of rotatable bonds is 3. The van der Waals surface area contributed by atoms with Gasteiger partial charge in [0.15, 0.2) is 5.11 Å². The molecule has 0 aliphatic carbocycles. The third kappa shape index (κ3) is 4.41. The molecule has 0 aromatic heterocycles. The molecule has 8 heteroatoms. The van der Waals surface area contributed by atoms with Gasteiger partial charge in [0.05, 0.1) is 21.8 Å². The zero-order valence-electron chi connectivity index (χ0n) is 11.5. The predicted octanol–water partition coefficient (Wildman–Crippen LogP) is 3.82. The van der Waals surface area contributed by atoms with Crippen molar-refractivity contribution in [2.75, 3.05) is 5.32 Å². The first-order valence-electron chi connectivity index (χ1n) is 6.28. The summed E-state index contributed by atoms with van der Waals surface area (Å²) in [6.45, 7) is 0. The minimum atomic E-state index is -1.11. The standard InChI is InChI=1S/C15H10Cl2N2O3S/c16-8-5-6-11(17)10(7-8)13(20)19-15(23)18-12-4-2-1-3-9(12)14(21)22/h1-7H,(H,21,22)(H2,18,19,20,23). The third-order valence-corrected chi connectivity index (χ3v) is 3.57. The number of amides is 1. The Balaban J connectivity index is 2.12. The molecule has 0 aliphatic heterocycles. The highest BCUT2D eigenvalue weighted by Gasteiger charge is 2.14. The largest absolute Gasteiger partial charge is 0.478 e. The molecule has 0 bridgehead atoms. The molecular formula is C15H10Cl2N2O3S. The maximum atomic E-state index is 12.1. The van der Waals surface area contributed by atoms with Gasteiger partial charge in [0, 0.05) is 5.02 Å². The molecule has 0 saturated carbocycles. The molecule has 3 N–H and O–H groups in total. The highest BCUT2D eigenvalue weighted by atomic mass is 35.5. The first kappa shape index (κ1) is 17.2. The van der Waals surface area contributed by atoms with Crippen molar-refractivity contribution in [1.82, 2.24) is 5.32 Å². The van der Waals surface area contributed by atoms with Crippen LogP contribution in [-0.4, -0.2) is 22.1 Å². The number of benzene rings is 2. The van der Waals surface area contributed by atoms with Crippen molar-refractivity contribution in [3.8, 4) is 0 Å². The van der Waals surface area contributed by atoms with Crippen LogP contribution in [0.3, 0.4) is 0 Å². The molecule has 5 nitrogen and oxygen atoms in total. The van der Waals surface area contributed by atoms with E-state index in [4.69, 9.17) is 40.5 Å². The fourth-order valence-corrected chi connectivity index (χ4v) is 2.35. The van der Waals surface area contributed by atoms with Crippen LogP contribution in [0.4, 0.5) is 5.69 Å². The molecule has 0 saturated heterocycles. The molecule has 1 amide bonds. The lowest BCUT2D eigenvalue weighted by Gasteiger charge is -2.12. The van der Waals surface area contributed by atoms with Gasteiger partial charge in [0.2, 0.25) is 0 Å². The number of hydrogen-bond acceptors (Lipinski definition) is 3. The van der Waals surface area contributed by atoms with E-state index in [1.807, 2.05) is 0 Å². The van der Waals surface area contributed by atoms with E-state index in [0.29, 0.717) is 5.02 Å². The van der Waals surface area contributed by atoms with Gasteiger partial charge < -0.3 is 10.4 Å². The number of carbonyl (C=O) groups is 2. The van der Waals surface area contributed by atoms with Crippen LogP contribution in [0.25, 0.3) is 0 Å². The van der Waals surface area contributed by atoms with Crippen LogP contribution in [-0.2, 0) is 0 Å². The number of hydrogen-bond donors (Lipinski definition) is 3. The van der Waals surface area contributed by atoms with Gasteiger partial charge in [-0.2, -0.15) is 0 Å². The second-order valence-electron chi connectivity index (χ2n) is 4.38. The summed E-state index contributed by atoms with van der Waals surface area (Å²) in [6, 6.07) is 10.6. The maximum absolute atomic E-state index is 12.1. The lowest BCUT2D eigenvalue weighted by Crippen LogP contribution is -2.34. The summed E-state index contributed by atoms with van der Waals surface area (Å²) in [6.07, 6.45) is 0. The maximum Gasteiger partial charge on any atom is 0.337 e. The first-order chi connectivity index (χ1) is 10.9. The molecule has 2 aromatic carbocycles. The average molecular weight is 369 g/mol. The van der Waals surface area contributed by atoms with Crippen molar-refractivity contribution in [3.05, 3.63) is 63.6 Å². The Bertz CT molecular complexity index is 796. The van der Waals surface area contributed by atoms with Gasteiger partial charge in [-0.05, 0) is 42.5 Å². The predicted molar refractivity (Wildman–Crippen MR) is 93.6 cm³/mol. The Labute approximate surface area is 147 Å². The van der Waals surface area contributed by atoms with E-state index in [1.165, 1.54) is 24.3 Å². The summed E-state index contributed by atoms with van der Waals surface area (Å²) in [5.74, 6) is -1.66. The van der Waals surface area contributed by atoms with Gasteiger partial charge in [-0.15, -0.1) is 0 Å². The normalized spacial score (nSPS) is 10.0. The van der Waals surface area contributed by atoms with Gasteiger partial charge in [-0.1, -0.05) is 35.3 Å². The Morgan fingerprint density at radius 3 is 2.43 bits per heavy atom. The second kappa shape index (κ2) is 7.41. The van der Waals surface area contributed by atoms with Crippen LogP contribution in [0.5, 0.6) is 0 Å². The number of anilines is 1. The number of para-hydroxylation sites is 1. The number of nitrogens with one attached hydrogen (secondary N) is 2. The molecule has 2 rings (SSSR count). The summed E-state index contributed by atoms with van der Waals surface area (Å²) in [5.41, 5.74) is 0.460. The summed E-state index contributed by atoms with van der Waals surface area (Å²) in [7, 11) is 0. The smallest absolute Gasteiger partial charge is 0.337 e. The Morgan fingerprint density at radius 1 is 1.04 bits per heavy atom. The van der Waals surface area contributed by atoms with Crippen LogP contribution in [0.15, 0.2) is 42.5 Å². The lowest BCUT2D eigenvalue weighted by atomic mass is 10.2. The molecule has 0 unspecified atom stereocenters. The summed E-state index contributed by atoms with van der Waals surface area (Å²) in [5, 5.41) is 14.7. The van der Waals surface area contributed by atoms with E-state index in [2.05, 4.69) is 10.6 Å². The van der Waals surface area contributed by atoms with Gasteiger partial charge >= 0.3 is 5.97 Å². The molecule has 118 valence electrons. The minimum absolute atomic E-state index is 0.0323. The number of carboxylic acids is 1. The van der Waals surface area contributed by atoms with Crippen LogP contribution in [0, 0.1) is 0 Å². The summed E-state index contributed by atoms with van der Waals surface area (Å²) < 4.78 is 0. The minimum Gasteiger partial charge on any atom is -0.478 e. The van der Waals surface area contributed by atoms with Crippen LogP contribution >= 0.6 is 35.4 Å². The van der Waals surface area contributed by atoms with E-state index in [1.54, 1.807) is 18.2 Å². The number of aromatic carboxylic acids is 1. The summed E-state index contributed by atoms with van der Waals surface area (Å²) >= 11 is 16.8. The fourth-order valence-electron chi connectivity index (χ4n) is 1.77. The zero-order valence-corrected chi connectivity index (χ0v) is 13.8. The first-order valence-corrected chi connectivity index (χ1v) is 7.44.